The molecule has 2 aromatic rings. The van der Waals surface area contributed by atoms with E-state index in [-0.39, 0.29) is 19.0 Å². The minimum absolute atomic E-state index is 0. The lowest BCUT2D eigenvalue weighted by Crippen LogP contribution is -1.90. The summed E-state index contributed by atoms with van der Waals surface area (Å²) in [5.41, 5.74) is 1.11. The van der Waals surface area contributed by atoms with Crippen LogP contribution in [0.25, 0.3) is 0 Å². The van der Waals surface area contributed by atoms with Gasteiger partial charge in [0, 0.05) is 6.61 Å². The third-order valence-electron chi connectivity index (χ3n) is 2.30. The fourth-order valence-electron chi connectivity index (χ4n) is 1.48. The van der Waals surface area contributed by atoms with Crippen molar-refractivity contribution in [2.75, 3.05) is 6.61 Å². The van der Waals surface area contributed by atoms with Crippen molar-refractivity contribution in [3.05, 3.63) is 60.2 Å². The van der Waals surface area contributed by atoms with Crippen LogP contribution in [-0.4, -0.2) is 11.7 Å². The smallest absolute Gasteiger partial charge is 0.127 e. The van der Waals surface area contributed by atoms with Crippen molar-refractivity contribution < 1.29 is 9.84 Å². The molecule has 0 radical (unpaired) electrons. The van der Waals surface area contributed by atoms with Gasteiger partial charge >= 0.3 is 0 Å². The predicted molar refractivity (Wildman–Crippen MR) is 71.0 cm³/mol. The van der Waals surface area contributed by atoms with E-state index < -0.39 is 0 Å². The minimum Gasteiger partial charge on any atom is -0.457 e. The van der Waals surface area contributed by atoms with Crippen molar-refractivity contribution in [2.45, 2.75) is 6.42 Å². The summed E-state index contributed by atoms with van der Waals surface area (Å²) < 4.78 is 5.65. The molecule has 0 aliphatic rings. The summed E-state index contributed by atoms with van der Waals surface area (Å²) in [4.78, 5) is 0. The van der Waals surface area contributed by atoms with E-state index in [1.54, 1.807) is 0 Å². The van der Waals surface area contributed by atoms with Gasteiger partial charge in [-0.2, -0.15) is 0 Å². The topological polar surface area (TPSA) is 29.5 Å². The first-order valence-electron chi connectivity index (χ1n) is 5.31. The minimum atomic E-state index is 0. The van der Waals surface area contributed by atoms with E-state index >= 15 is 0 Å². The molecular weight excluding hydrogens is 236 g/mol. The number of para-hydroxylation sites is 1. The van der Waals surface area contributed by atoms with Gasteiger partial charge in [0.25, 0.3) is 0 Å². The molecule has 0 spiro atoms. The Morgan fingerprint density at radius 2 is 1.41 bits per heavy atom. The number of ether oxygens (including phenoxy) is 1. The molecule has 3 heteroatoms. The Balaban J connectivity index is 0.00000144. The molecule has 0 aliphatic carbocycles. The lowest BCUT2D eigenvalue weighted by Gasteiger charge is -2.05. The van der Waals surface area contributed by atoms with Crippen molar-refractivity contribution in [1.82, 2.24) is 0 Å². The van der Waals surface area contributed by atoms with Crippen LogP contribution < -0.4 is 4.74 Å². The Morgan fingerprint density at radius 1 is 0.824 bits per heavy atom. The van der Waals surface area contributed by atoms with E-state index in [1.165, 1.54) is 0 Å². The summed E-state index contributed by atoms with van der Waals surface area (Å²) in [5, 5.41) is 8.79. The largest absolute Gasteiger partial charge is 0.457 e. The fourth-order valence-corrected chi connectivity index (χ4v) is 1.48. The van der Waals surface area contributed by atoms with Crippen LogP contribution in [0.2, 0.25) is 0 Å². The second kappa shape index (κ2) is 6.94. The second-order valence-corrected chi connectivity index (χ2v) is 3.53. The van der Waals surface area contributed by atoms with E-state index in [0.717, 1.165) is 17.1 Å². The average Bonchev–Trinajstić information content (AvgIpc) is 2.33. The summed E-state index contributed by atoms with van der Waals surface area (Å²) in [6, 6.07) is 17.4. The molecule has 0 unspecified atom stereocenters. The van der Waals surface area contributed by atoms with Gasteiger partial charge in [0.1, 0.15) is 11.5 Å². The van der Waals surface area contributed by atoms with Crippen LogP contribution in [-0.2, 0) is 6.42 Å². The number of benzene rings is 2. The highest BCUT2D eigenvalue weighted by Gasteiger charge is 1.96. The van der Waals surface area contributed by atoms with E-state index in [0.29, 0.717) is 6.42 Å². The molecule has 2 rings (SSSR count). The van der Waals surface area contributed by atoms with Crippen molar-refractivity contribution >= 4 is 12.4 Å². The standard InChI is InChI=1S/C14H14O2.ClH/c15-11-10-12-6-8-14(9-7-12)16-13-4-2-1-3-5-13;/h1-9,15H,10-11H2;1H. The van der Waals surface area contributed by atoms with Gasteiger partial charge in [0.2, 0.25) is 0 Å². The zero-order valence-corrected chi connectivity index (χ0v) is 10.2. The molecule has 2 aromatic carbocycles. The third kappa shape index (κ3) is 4.10. The van der Waals surface area contributed by atoms with Crippen molar-refractivity contribution in [2.24, 2.45) is 0 Å². The van der Waals surface area contributed by atoms with Gasteiger partial charge in [-0.1, -0.05) is 30.3 Å². The van der Waals surface area contributed by atoms with Crippen LogP contribution in [0.5, 0.6) is 11.5 Å². The lowest BCUT2D eigenvalue weighted by molar-refractivity contribution is 0.299. The molecular formula is C14H15ClO2. The van der Waals surface area contributed by atoms with Gasteiger partial charge in [-0.3, -0.25) is 0 Å². The quantitative estimate of drug-likeness (QED) is 0.901. The number of rotatable bonds is 4. The molecule has 0 fully saturated rings. The second-order valence-electron chi connectivity index (χ2n) is 3.53. The van der Waals surface area contributed by atoms with Gasteiger partial charge in [-0.15, -0.1) is 12.4 Å². The van der Waals surface area contributed by atoms with Crippen LogP contribution in [0, 0.1) is 0 Å². The summed E-state index contributed by atoms with van der Waals surface area (Å²) in [6.45, 7) is 0.179. The maximum atomic E-state index is 8.79. The first kappa shape index (κ1) is 13.6. The monoisotopic (exact) mass is 250 g/mol. The normalized spacial score (nSPS) is 9.47. The number of aliphatic hydroxyl groups excluding tert-OH is 1. The Bertz CT molecular complexity index is 426. The Hall–Kier alpha value is -1.51. The van der Waals surface area contributed by atoms with Crippen LogP contribution >= 0.6 is 12.4 Å². The lowest BCUT2D eigenvalue weighted by atomic mass is 10.1. The first-order valence-corrected chi connectivity index (χ1v) is 5.31. The summed E-state index contributed by atoms with van der Waals surface area (Å²) in [6.07, 6.45) is 0.686. The van der Waals surface area contributed by atoms with E-state index in [9.17, 15) is 0 Å². The molecule has 1 N–H and O–H groups in total. The zero-order chi connectivity index (χ0) is 11.2. The molecule has 2 nitrogen and oxygen atoms in total. The molecule has 0 saturated heterocycles. The van der Waals surface area contributed by atoms with Crippen molar-refractivity contribution in [1.29, 1.82) is 0 Å². The molecule has 0 aromatic heterocycles. The number of hydrogen-bond donors (Lipinski definition) is 1. The highest BCUT2D eigenvalue weighted by molar-refractivity contribution is 5.85. The molecule has 17 heavy (non-hydrogen) atoms. The molecule has 0 heterocycles. The SMILES string of the molecule is Cl.OCCc1ccc(Oc2ccccc2)cc1. The number of hydrogen-bond acceptors (Lipinski definition) is 2. The Kier molecular flexibility index (Phi) is 5.53. The molecule has 0 amide bonds. The Labute approximate surface area is 107 Å². The van der Waals surface area contributed by atoms with E-state index in [4.69, 9.17) is 9.84 Å². The van der Waals surface area contributed by atoms with Crippen LogP contribution in [0.4, 0.5) is 0 Å². The maximum absolute atomic E-state index is 8.79. The molecule has 0 bridgehead atoms. The van der Waals surface area contributed by atoms with Gasteiger partial charge in [0.05, 0.1) is 0 Å². The highest BCUT2D eigenvalue weighted by Crippen LogP contribution is 2.21. The molecule has 0 saturated carbocycles. The molecule has 0 atom stereocenters. The van der Waals surface area contributed by atoms with E-state index in [2.05, 4.69) is 0 Å². The van der Waals surface area contributed by atoms with E-state index in [1.807, 2.05) is 54.6 Å². The predicted octanol–water partition coefficient (Wildman–Crippen LogP) is 3.44. The average molecular weight is 251 g/mol. The summed E-state index contributed by atoms with van der Waals surface area (Å²) >= 11 is 0. The van der Waals surface area contributed by atoms with Gasteiger partial charge < -0.3 is 9.84 Å². The Morgan fingerprint density at radius 3 is 2.00 bits per heavy atom. The van der Waals surface area contributed by atoms with Crippen LogP contribution in [0.1, 0.15) is 5.56 Å². The number of aliphatic hydroxyl groups is 1. The molecule has 0 aliphatic heterocycles. The zero-order valence-electron chi connectivity index (χ0n) is 9.37. The van der Waals surface area contributed by atoms with Crippen LogP contribution in [0.15, 0.2) is 54.6 Å². The maximum Gasteiger partial charge on any atom is 0.127 e. The molecule has 90 valence electrons. The number of halogens is 1. The van der Waals surface area contributed by atoms with Crippen molar-refractivity contribution in [3.63, 3.8) is 0 Å². The fraction of sp³-hybridized carbons (Fsp3) is 0.143. The highest BCUT2D eigenvalue weighted by atomic mass is 35.5. The summed E-state index contributed by atoms with van der Waals surface area (Å²) in [7, 11) is 0. The summed E-state index contributed by atoms with van der Waals surface area (Å²) in [5.74, 6) is 1.64. The van der Waals surface area contributed by atoms with Gasteiger partial charge in [-0.05, 0) is 36.2 Å². The van der Waals surface area contributed by atoms with Crippen molar-refractivity contribution in [3.8, 4) is 11.5 Å². The van der Waals surface area contributed by atoms with Gasteiger partial charge in [0.15, 0.2) is 0 Å². The first-order chi connectivity index (χ1) is 7.88. The third-order valence-corrected chi connectivity index (χ3v) is 2.30. The van der Waals surface area contributed by atoms with Gasteiger partial charge in [-0.25, -0.2) is 0 Å². The van der Waals surface area contributed by atoms with Crippen LogP contribution in [0.3, 0.4) is 0 Å².